The lowest BCUT2D eigenvalue weighted by atomic mass is 10.0. The minimum absolute atomic E-state index is 0.0868. The van der Waals surface area contributed by atoms with Crippen molar-refractivity contribution in [3.63, 3.8) is 0 Å². The summed E-state index contributed by atoms with van der Waals surface area (Å²) in [5, 5.41) is 3.23. The molecule has 2 N–H and O–H groups in total. The molecule has 1 heterocycles. The van der Waals surface area contributed by atoms with Crippen LogP contribution in [0.15, 0.2) is 30.6 Å². The van der Waals surface area contributed by atoms with E-state index >= 15 is 0 Å². The van der Waals surface area contributed by atoms with Crippen LogP contribution in [0, 0.1) is 11.6 Å². The Bertz CT molecular complexity index is 497. The fraction of sp³-hybridized carbons (Fsp3) is 0.308. The summed E-state index contributed by atoms with van der Waals surface area (Å²) in [5.74, 6) is -0.840. The van der Waals surface area contributed by atoms with Gasteiger partial charge in [-0.2, -0.15) is 0 Å². The molecule has 0 spiro atoms. The van der Waals surface area contributed by atoms with Gasteiger partial charge in [0.15, 0.2) is 11.6 Å². The molecule has 5 heteroatoms. The Labute approximate surface area is 104 Å². The Morgan fingerprint density at radius 3 is 2.78 bits per heavy atom. The van der Waals surface area contributed by atoms with E-state index in [9.17, 15) is 8.78 Å². The SMILES string of the molecule is CCNC(Cc1ncc[nH]1)c1ccc(F)c(F)c1. The molecule has 0 amide bonds. The molecule has 0 saturated carbocycles. The number of nitrogens with one attached hydrogen (secondary N) is 2. The van der Waals surface area contributed by atoms with E-state index in [1.165, 1.54) is 6.07 Å². The van der Waals surface area contributed by atoms with Crippen molar-refractivity contribution >= 4 is 0 Å². The number of imidazole rings is 1. The van der Waals surface area contributed by atoms with Gasteiger partial charge in [0.2, 0.25) is 0 Å². The quantitative estimate of drug-likeness (QED) is 0.857. The molecular weight excluding hydrogens is 236 g/mol. The van der Waals surface area contributed by atoms with Crippen molar-refractivity contribution in [2.75, 3.05) is 6.54 Å². The normalized spacial score (nSPS) is 12.6. The Balaban J connectivity index is 2.20. The first-order valence-electron chi connectivity index (χ1n) is 5.87. The summed E-state index contributed by atoms with van der Waals surface area (Å²) in [6.45, 7) is 2.71. The van der Waals surface area contributed by atoms with Crippen molar-refractivity contribution < 1.29 is 8.78 Å². The van der Waals surface area contributed by atoms with Gasteiger partial charge in [-0.05, 0) is 24.2 Å². The Kier molecular flexibility index (Phi) is 4.04. The zero-order valence-corrected chi connectivity index (χ0v) is 10.1. The second-order valence-electron chi connectivity index (χ2n) is 4.02. The highest BCUT2D eigenvalue weighted by Crippen LogP contribution is 2.19. The average molecular weight is 251 g/mol. The molecule has 0 aliphatic carbocycles. The molecule has 1 atom stereocenters. The van der Waals surface area contributed by atoms with Crippen molar-refractivity contribution in [3.8, 4) is 0 Å². The van der Waals surface area contributed by atoms with Gasteiger partial charge in [0.25, 0.3) is 0 Å². The molecule has 0 radical (unpaired) electrons. The molecular formula is C13H15F2N3. The summed E-state index contributed by atoms with van der Waals surface area (Å²) in [6, 6.07) is 3.88. The molecule has 1 aromatic carbocycles. The van der Waals surface area contributed by atoms with Crippen LogP contribution in [0.1, 0.15) is 24.4 Å². The molecule has 96 valence electrons. The summed E-state index contributed by atoms with van der Waals surface area (Å²) in [5.41, 5.74) is 0.715. The highest BCUT2D eigenvalue weighted by molar-refractivity contribution is 5.22. The fourth-order valence-electron chi connectivity index (χ4n) is 1.89. The third kappa shape index (κ3) is 2.92. The van der Waals surface area contributed by atoms with Crippen LogP contribution in [0.5, 0.6) is 0 Å². The standard InChI is InChI=1S/C13H15F2N3/c1-2-16-12(8-13-17-5-6-18-13)9-3-4-10(14)11(15)7-9/h3-7,12,16H,2,8H2,1H3,(H,17,18). The van der Waals surface area contributed by atoms with E-state index < -0.39 is 11.6 Å². The fourth-order valence-corrected chi connectivity index (χ4v) is 1.89. The zero-order valence-electron chi connectivity index (χ0n) is 10.1. The number of aromatic amines is 1. The number of rotatable bonds is 5. The Hall–Kier alpha value is -1.75. The molecule has 0 aliphatic rings. The van der Waals surface area contributed by atoms with Crippen LogP contribution in [-0.2, 0) is 6.42 Å². The van der Waals surface area contributed by atoms with Crippen LogP contribution >= 0.6 is 0 Å². The predicted molar refractivity (Wildman–Crippen MR) is 65.1 cm³/mol. The van der Waals surface area contributed by atoms with Crippen molar-refractivity contribution in [3.05, 3.63) is 53.6 Å². The molecule has 0 saturated heterocycles. The van der Waals surface area contributed by atoms with E-state index in [0.29, 0.717) is 12.0 Å². The third-order valence-electron chi connectivity index (χ3n) is 2.75. The lowest BCUT2D eigenvalue weighted by molar-refractivity contribution is 0.495. The van der Waals surface area contributed by atoms with E-state index in [0.717, 1.165) is 18.4 Å². The van der Waals surface area contributed by atoms with Crippen LogP contribution in [0.3, 0.4) is 0 Å². The van der Waals surface area contributed by atoms with Crippen molar-refractivity contribution in [2.45, 2.75) is 19.4 Å². The monoisotopic (exact) mass is 251 g/mol. The van der Waals surface area contributed by atoms with E-state index in [-0.39, 0.29) is 6.04 Å². The van der Waals surface area contributed by atoms with Gasteiger partial charge in [-0.3, -0.25) is 0 Å². The van der Waals surface area contributed by atoms with Crippen LogP contribution in [0.2, 0.25) is 0 Å². The highest BCUT2D eigenvalue weighted by Gasteiger charge is 2.14. The van der Waals surface area contributed by atoms with Gasteiger partial charge in [-0.1, -0.05) is 13.0 Å². The number of hydrogen-bond donors (Lipinski definition) is 2. The maximum absolute atomic E-state index is 13.2. The predicted octanol–water partition coefficient (Wildman–Crippen LogP) is 2.58. The van der Waals surface area contributed by atoms with Gasteiger partial charge in [0, 0.05) is 24.9 Å². The number of halogens is 2. The first kappa shape index (κ1) is 12.7. The number of H-pyrrole nitrogens is 1. The zero-order chi connectivity index (χ0) is 13.0. The first-order valence-corrected chi connectivity index (χ1v) is 5.87. The van der Waals surface area contributed by atoms with Crippen LogP contribution in [0.25, 0.3) is 0 Å². The molecule has 0 aliphatic heterocycles. The summed E-state index contributed by atoms with van der Waals surface area (Å²) in [6.07, 6.45) is 4.01. The van der Waals surface area contributed by atoms with Gasteiger partial charge in [0.1, 0.15) is 5.82 Å². The Morgan fingerprint density at radius 2 is 2.17 bits per heavy atom. The van der Waals surface area contributed by atoms with Crippen LogP contribution < -0.4 is 5.32 Å². The third-order valence-corrected chi connectivity index (χ3v) is 2.75. The van der Waals surface area contributed by atoms with Gasteiger partial charge in [0.05, 0.1) is 0 Å². The van der Waals surface area contributed by atoms with Crippen molar-refractivity contribution in [2.24, 2.45) is 0 Å². The molecule has 2 rings (SSSR count). The van der Waals surface area contributed by atoms with E-state index in [2.05, 4.69) is 15.3 Å². The second-order valence-corrected chi connectivity index (χ2v) is 4.02. The number of hydrogen-bond acceptors (Lipinski definition) is 2. The maximum Gasteiger partial charge on any atom is 0.159 e. The van der Waals surface area contributed by atoms with Crippen LogP contribution in [-0.4, -0.2) is 16.5 Å². The van der Waals surface area contributed by atoms with E-state index in [4.69, 9.17) is 0 Å². The largest absolute Gasteiger partial charge is 0.349 e. The lowest BCUT2D eigenvalue weighted by Gasteiger charge is -2.17. The molecule has 2 aromatic rings. The Morgan fingerprint density at radius 1 is 1.33 bits per heavy atom. The molecule has 1 aromatic heterocycles. The minimum atomic E-state index is -0.827. The second kappa shape index (κ2) is 5.73. The smallest absolute Gasteiger partial charge is 0.159 e. The molecule has 0 fully saturated rings. The maximum atomic E-state index is 13.2. The van der Waals surface area contributed by atoms with Crippen LogP contribution in [0.4, 0.5) is 8.78 Å². The van der Waals surface area contributed by atoms with Crippen molar-refractivity contribution in [1.29, 1.82) is 0 Å². The molecule has 3 nitrogen and oxygen atoms in total. The summed E-state index contributed by atoms with van der Waals surface area (Å²) < 4.78 is 26.1. The van der Waals surface area contributed by atoms with E-state index in [1.54, 1.807) is 18.5 Å². The number of likely N-dealkylation sites (N-methyl/N-ethyl adjacent to an activating group) is 1. The number of aromatic nitrogens is 2. The number of nitrogens with zero attached hydrogens (tertiary/aromatic N) is 1. The highest BCUT2D eigenvalue weighted by atomic mass is 19.2. The lowest BCUT2D eigenvalue weighted by Crippen LogP contribution is -2.23. The summed E-state index contributed by atoms with van der Waals surface area (Å²) in [4.78, 5) is 7.14. The van der Waals surface area contributed by atoms with Crippen molar-refractivity contribution in [1.82, 2.24) is 15.3 Å². The first-order chi connectivity index (χ1) is 8.70. The van der Waals surface area contributed by atoms with Gasteiger partial charge in [-0.15, -0.1) is 0 Å². The molecule has 1 unspecified atom stereocenters. The topological polar surface area (TPSA) is 40.7 Å². The summed E-state index contributed by atoms with van der Waals surface area (Å²) in [7, 11) is 0. The number of benzene rings is 1. The summed E-state index contributed by atoms with van der Waals surface area (Å²) >= 11 is 0. The molecule has 0 bridgehead atoms. The van der Waals surface area contributed by atoms with Gasteiger partial charge in [-0.25, -0.2) is 13.8 Å². The van der Waals surface area contributed by atoms with Gasteiger partial charge < -0.3 is 10.3 Å². The minimum Gasteiger partial charge on any atom is -0.349 e. The van der Waals surface area contributed by atoms with E-state index in [1.807, 2.05) is 6.92 Å². The molecule has 18 heavy (non-hydrogen) atoms. The van der Waals surface area contributed by atoms with Gasteiger partial charge >= 0.3 is 0 Å². The average Bonchev–Trinajstić information content (AvgIpc) is 2.85.